The first-order valence-electron chi connectivity index (χ1n) is 7.19. The summed E-state index contributed by atoms with van der Waals surface area (Å²) in [4.78, 5) is 2.34. The van der Waals surface area contributed by atoms with Gasteiger partial charge in [-0.3, -0.25) is 0 Å². The van der Waals surface area contributed by atoms with Gasteiger partial charge in [0.15, 0.2) is 0 Å². The lowest BCUT2D eigenvalue weighted by molar-refractivity contribution is 0.505. The minimum Gasteiger partial charge on any atom is -0.372 e. The lowest BCUT2D eigenvalue weighted by Crippen LogP contribution is -2.27. The van der Waals surface area contributed by atoms with Crippen LogP contribution < -0.4 is 10.2 Å². The molecule has 1 N–H and O–H groups in total. The molecule has 0 aliphatic heterocycles. The number of hydrogen-bond acceptors (Lipinski definition) is 3. The third kappa shape index (κ3) is 4.92. The van der Waals surface area contributed by atoms with Gasteiger partial charge in [0.05, 0.1) is 12.5 Å². The normalized spacial score (nSPS) is 11.9. The van der Waals surface area contributed by atoms with E-state index in [0.717, 1.165) is 26.1 Å². The monoisotopic (exact) mass is 259 g/mol. The lowest BCUT2D eigenvalue weighted by Gasteiger charge is -2.21. The van der Waals surface area contributed by atoms with Gasteiger partial charge < -0.3 is 10.2 Å². The van der Waals surface area contributed by atoms with Crippen LogP contribution in [0.4, 0.5) is 5.69 Å². The van der Waals surface area contributed by atoms with Crippen LogP contribution in [0.15, 0.2) is 24.3 Å². The number of hydrogen-bond donors (Lipinski definition) is 1. The van der Waals surface area contributed by atoms with Gasteiger partial charge in [0.25, 0.3) is 0 Å². The molecule has 1 aromatic rings. The van der Waals surface area contributed by atoms with E-state index in [1.165, 1.54) is 11.3 Å². The number of benzene rings is 1. The molecule has 3 nitrogen and oxygen atoms in total. The van der Waals surface area contributed by atoms with Gasteiger partial charge in [0, 0.05) is 31.4 Å². The van der Waals surface area contributed by atoms with Gasteiger partial charge in [0.2, 0.25) is 0 Å². The second-order valence-corrected chi connectivity index (χ2v) is 4.69. The van der Waals surface area contributed by atoms with Crippen LogP contribution in [0.5, 0.6) is 0 Å². The molecule has 0 saturated heterocycles. The van der Waals surface area contributed by atoms with E-state index >= 15 is 0 Å². The Morgan fingerprint density at radius 3 is 2.26 bits per heavy atom. The fourth-order valence-corrected chi connectivity index (χ4v) is 2.15. The minimum absolute atomic E-state index is 0.299. The van der Waals surface area contributed by atoms with Gasteiger partial charge in [-0.15, -0.1) is 0 Å². The summed E-state index contributed by atoms with van der Waals surface area (Å²) in [6, 6.07) is 11.2. The van der Waals surface area contributed by atoms with Crippen LogP contribution in [-0.2, 0) is 6.54 Å². The van der Waals surface area contributed by atoms with Crippen molar-refractivity contribution in [3.8, 4) is 6.07 Å². The predicted octanol–water partition coefficient (Wildman–Crippen LogP) is 3.31. The zero-order valence-corrected chi connectivity index (χ0v) is 12.3. The average molecular weight is 259 g/mol. The van der Waals surface area contributed by atoms with E-state index in [4.69, 9.17) is 5.26 Å². The first-order chi connectivity index (χ1) is 9.24. The highest BCUT2D eigenvalue weighted by Crippen LogP contribution is 2.15. The molecule has 0 fully saturated rings. The quantitative estimate of drug-likeness (QED) is 0.778. The van der Waals surface area contributed by atoms with Crippen LogP contribution in [0, 0.1) is 11.3 Å². The summed E-state index contributed by atoms with van der Waals surface area (Å²) in [7, 11) is 0. The molecule has 1 unspecified atom stereocenters. The van der Waals surface area contributed by atoms with E-state index in [2.05, 4.69) is 61.3 Å². The van der Waals surface area contributed by atoms with E-state index in [-0.39, 0.29) is 0 Å². The number of anilines is 1. The molecule has 0 aromatic heterocycles. The highest BCUT2D eigenvalue weighted by atomic mass is 15.1. The number of nitriles is 1. The Balaban J connectivity index is 2.55. The third-order valence-electron chi connectivity index (χ3n) is 3.49. The smallest absolute Gasteiger partial charge is 0.0638 e. The van der Waals surface area contributed by atoms with E-state index < -0.39 is 0 Å². The summed E-state index contributed by atoms with van der Waals surface area (Å²) in [5.41, 5.74) is 2.55. The Hall–Kier alpha value is -1.53. The average Bonchev–Trinajstić information content (AvgIpc) is 2.46. The molecule has 1 rings (SSSR count). The second kappa shape index (κ2) is 8.55. The zero-order chi connectivity index (χ0) is 14.1. The Morgan fingerprint density at radius 2 is 1.79 bits per heavy atom. The standard InChI is InChI=1S/C16H25N3/c1-4-15(11-12-17)18-13-14-7-9-16(10-8-14)19(5-2)6-3/h7-10,15,18H,4-6,11,13H2,1-3H3. The molecule has 0 aliphatic carbocycles. The Morgan fingerprint density at radius 1 is 1.16 bits per heavy atom. The van der Waals surface area contributed by atoms with Crippen LogP contribution in [0.3, 0.4) is 0 Å². The molecule has 0 aliphatic rings. The van der Waals surface area contributed by atoms with Crippen molar-refractivity contribution in [1.82, 2.24) is 5.32 Å². The molecule has 1 atom stereocenters. The molecule has 0 spiro atoms. The van der Waals surface area contributed by atoms with Gasteiger partial charge in [-0.2, -0.15) is 5.26 Å². The molecule has 0 saturated carbocycles. The second-order valence-electron chi connectivity index (χ2n) is 4.69. The predicted molar refractivity (Wildman–Crippen MR) is 81.2 cm³/mol. The Labute approximate surface area is 117 Å². The summed E-state index contributed by atoms with van der Waals surface area (Å²) in [5, 5.41) is 12.1. The summed E-state index contributed by atoms with van der Waals surface area (Å²) in [6.07, 6.45) is 1.57. The minimum atomic E-state index is 0.299. The fraction of sp³-hybridized carbons (Fsp3) is 0.562. The van der Waals surface area contributed by atoms with Crippen molar-refractivity contribution in [1.29, 1.82) is 5.26 Å². The molecule has 0 radical (unpaired) electrons. The van der Waals surface area contributed by atoms with E-state index in [0.29, 0.717) is 12.5 Å². The molecule has 0 heterocycles. The Bertz CT molecular complexity index is 387. The van der Waals surface area contributed by atoms with Gasteiger partial charge in [0.1, 0.15) is 0 Å². The van der Waals surface area contributed by atoms with E-state index in [1.54, 1.807) is 0 Å². The van der Waals surface area contributed by atoms with Gasteiger partial charge in [-0.05, 0) is 38.0 Å². The molecular formula is C16H25N3. The van der Waals surface area contributed by atoms with Crippen LogP contribution in [0.2, 0.25) is 0 Å². The summed E-state index contributed by atoms with van der Waals surface area (Å²) in [6.45, 7) is 9.36. The topological polar surface area (TPSA) is 39.1 Å². The highest BCUT2D eigenvalue weighted by molar-refractivity contribution is 5.47. The summed E-state index contributed by atoms with van der Waals surface area (Å²) >= 11 is 0. The Kier molecular flexibility index (Phi) is 6.99. The van der Waals surface area contributed by atoms with E-state index in [1.807, 2.05) is 0 Å². The van der Waals surface area contributed by atoms with Crippen molar-refractivity contribution in [2.24, 2.45) is 0 Å². The van der Waals surface area contributed by atoms with E-state index in [9.17, 15) is 0 Å². The molecule has 3 heteroatoms. The number of rotatable bonds is 8. The summed E-state index contributed by atoms with van der Waals surface area (Å²) in [5.74, 6) is 0. The first-order valence-corrected chi connectivity index (χ1v) is 7.19. The fourth-order valence-electron chi connectivity index (χ4n) is 2.15. The molecule has 0 bridgehead atoms. The van der Waals surface area contributed by atoms with Crippen molar-refractivity contribution < 1.29 is 0 Å². The molecule has 0 amide bonds. The summed E-state index contributed by atoms with van der Waals surface area (Å²) < 4.78 is 0. The maximum atomic E-state index is 8.72. The largest absolute Gasteiger partial charge is 0.372 e. The number of nitrogens with one attached hydrogen (secondary N) is 1. The van der Waals surface area contributed by atoms with Crippen LogP contribution in [0.1, 0.15) is 39.2 Å². The lowest BCUT2D eigenvalue weighted by atomic mass is 10.1. The van der Waals surface area contributed by atoms with Crippen LogP contribution in [-0.4, -0.2) is 19.1 Å². The molecular weight excluding hydrogens is 234 g/mol. The SMILES string of the molecule is CCC(CC#N)NCc1ccc(N(CC)CC)cc1. The van der Waals surface area contributed by atoms with Crippen LogP contribution in [0.25, 0.3) is 0 Å². The van der Waals surface area contributed by atoms with Crippen molar-refractivity contribution >= 4 is 5.69 Å². The number of nitrogens with zero attached hydrogens (tertiary/aromatic N) is 2. The molecule has 1 aromatic carbocycles. The molecule has 19 heavy (non-hydrogen) atoms. The maximum Gasteiger partial charge on any atom is 0.0638 e. The van der Waals surface area contributed by atoms with Gasteiger partial charge in [-0.1, -0.05) is 19.1 Å². The van der Waals surface area contributed by atoms with Gasteiger partial charge >= 0.3 is 0 Å². The van der Waals surface area contributed by atoms with Crippen LogP contribution >= 0.6 is 0 Å². The zero-order valence-electron chi connectivity index (χ0n) is 12.3. The van der Waals surface area contributed by atoms with Crippen molar-refractivity contribution in [3.05, 3.63) is 29.8 Å². The third-order valence-corrected chi connectivity index (χ3v) is 3.49. The highest BCUT2D eigenvalue weighted by Gasteiger charge is 2.05. The first kappa shape index (κ1) is 15.5. The maximum absolute atomic E-state index is 8.72. The van der Waals surface area contributed by atoms with Crippen molar-refractivity contribution in [2.45, 2.75) is 46.2 Å². The molecule has 104 valence electrons. The van der Waals surface area contributed by atoms with Gasteiger partial charge in [-0.25, -0.2) is 0 Å². The van der Waals surface area contributed by atoms with Crippen molar-refractivity contribution in [3.63, 3.8) is 0 Å². The van der Waals surface area contributed by atoms with Crippen molar-refractivity contribution in [2.75, 3.05) is 18.0 Å².